The van der Waals surface area contributed by atoms with E-state index in [1.54, 1.807) is 32.9 Å². The summed E-state index contributed by atoms with van der Waals surface area (Å²) in [5.41, 5.74) is -2.27. The Balaban J connectivity index is 2.02. The molecule has 2 fully saturated rings. The summed E-state index contributed by atoms with van der Waals surface area (Å²) >= 11 is 0. The predicted molar refractivity (Wildman–Crippen MR) is 97.5 cm³/mol. The number of carbonyl (C=O) groups is 4. The van der Waals surface area contributed by atoms with E-state index in [-0.39, 0.29) is 13.0 Å². The molecule has 3 rings (SSSR count). The summed E-state index contributed by atoms with van der Waals surface area (Å²) in [6.45, 7) is 5.43. The van der Waals surface area contributed by atoms with Gasteiger partial charge in [-0.25, -0.2) is 9.59 Å². The fraction of sp³-hybridized carbons (Fsp3) is 0.684. The zero-order chi connectivity index (χ0) is 21.6. The maximum Gasteiger partial charge on any atom is 0.410 e. The first-order valence-corrected chi connectivity index (χ1v) is 9.33. The second kappa shape index (κ2) is 7.33. The lowest BCUT2D eigenvalue weighted by molar-refractivity contribution is -0.159. The van der Waals surface area contributed by atoms with Crippen LogP contribution in [0.3, 0.4) is 0 Å². The topological polar surface area (TPSA) is 120 Å². The molecule has 0 saturated carbocycles. The Bertz CT molecular complexity index is 758. The van der Waals surface area contributed by atoms with Crippen LogP contribution in [0.15, 0.2) is 12.2 Å². The average molecular weight is 410 g/mol. The van der Waals surface area contributed by atoms with Gasteiger partial charge in [-0.15, -0.1) is 0 Å². The highest BCUT2D eigenvalue weighted by Crippen LogP contribution is 2.49. The summed E-state index contributed by atoms with van der Waals surface area (Å²) in [5, 5.41) is 2.57. The smallest absolute Gasteiger partial charge is 0.410 e. The Morgan fingerprint density at radius 3 is 2.55 bits per heavy atom. The van der Waals surface area contributed by atoms with Crippen LogP contribution in [-0.2, 0) is 33.3 Å². The van der Waals surface area contributed by atoms with E-state index < -0.39 is 59.2 Å². The number of fused-ring (bicyclic) bond motifs is 3. The zero-order valence-corrected chi connectivity index (χ0v) is 17.1. The minimum Gasteiger partial charge on any atom is -0.469 e. The molecule has 10 nitrogen and oxygen atoms in total. The van der Waals surface area contributed by atoms with Gasteiger partial charge in [0.2, 0.25) is 5.91 Å². The highest BCUT2D eigenvalue weighted by Gasteiger charge is 2.70. The summed E-state index contributed by atoms with van der Waals surface area (Å²) < 4.78 is 21.2. The van der Waals surface area contributed by atoms with E-state index in [9.17, 15) is 19.2 Å². The van der Waals surface area contributed by atoms with Gasteiger partial charge in [0, 0.05) is 6.54 Å². The molecule has 0 radical (unpaired) electrons. The van der Waals surface area contributed by atoms with Crippen molar-refractivity contribution in [3.05, 3.63) is 12.2 Å². The second-order valence-electron chi connectivity index (χ2n) is 8.28. The summed E-state index contributed by atoms with van der Waals surface area (Å²) in [7, 11) is 2.39. The minimum atomic E-state index is -1.54. The summed E-state index contributed by atoms with van der Waals surface area (Å²) in [4.78, 5) is 51.7. The Morgan fingerprint density at radius 2 is 1.97 bits per heavy atom. The largest absolute Gasteiger partial charge is 0.469 e. The first-order chi connectivity index (χ1) is 13.5. The Labute approximate surface area is 168 Å². The molecule has 160 valence electrons. The summed E-state index contributed by atoms with van der Waals surface area (Å²) in [6, 6.07) is -1.95. The molecular formula is C19H26N2O8. The number of amides is 2. The Kier molecular flexibility index (Phi) is 5.33. The summed E-state index contributed by atoms with van der Waals surface area (Å²) in [6.07, 6.45) is 1.80. The highest BCUT2D eigenvalue weighted by molar-refractivity contribution is 5.95. The van der Waals surface area contributed by atoms with E-state index >= 15 is 0 Å². The molecule has 0 aromatic rings. The predicted octanol–water partition coefficient (Wildman–Crippen LogP) is 0.150. The van der Waals surface area contributed by atoms with Crippen molar-refractivity contribution in [3.8, 4) is 0 Å². The number of rotatable bonds is 3. The minimum absolute atomic E-state index is 0.209. The normalized spacial score (nSPS) is 32.9. The van der Waals surface area contributed by atoms with E-state index in [0.717, 1.165) is 0 Å². The first kappa shape index (κ1) is 21.1. The molecular weight excluding hydrogens is 384 g/mol. The van der Waals surface area contributed by atoms with E-state index in [2.05, 4.69) is 5.32 Å². The fourth-order valence-corrected chi connectivity index (χ4v) is 4.24. The fourth-order valence-electron chi connectivity index (χ4n) is 4.24. The average Bonchev–Trinajstić information content (AvgIpc) is 3.10. The number of esters is 2. The highest BCUT2D eigenvalue weighted by atomic mass is 16.6. The molecule has 1 N–H and O–H groups in total. The summed E-state index contributed by atoms with van der Waals surface area (Å²) in [5.74, 6) is -2.86. The molecule has 2 saturated heterocycles. The van der Waals surface area contributed by atoms with Gasteiger partial charge in [0.05, 0.1) is 38.7 Å². The number of carbonyl (C=O) groups excluding carboxylic acids is 4. The third-order valence-electron chi connectivity index (χ3n) is 5.32. The van der Waals surface area contributed by atoms with Crippen LogP contribution >= 0.6 is 0 Å². The molecule has 0 spiro atoms. The maximum atomic E-state index is 12.9. The molecule has 0 unspecified atom stereocenters. The number of nitrogens with zero attached hydrogens (tertiary/aromatic N) is 1. The van der Waals surface area contributed by atoms with Gasteiger partial charge < -0.3 is 24.3 Å². The SMILES string of the molecule is COC(=O)C[C@@]12O[C@H]3C=CCN(C(=O)OC(C)(C)C)[C@H]3[C@@H]1C(=O)N[C@H]2C(=O)OC. The van der Waals surface area contributed by atoms with Gasteiger partial charge in [-0.1, -0.05) is 12.2 Å². The van der Waals surface area contributed by atoms with Crippen molar-refractivity contribution in [2.75, 3.05) is 20.8 Å². The van der Waals surface area contributed by atoms with Crippen molar-refractivity contribution in [2.24, 2.45) is 5.92 Å². The standard InChI is InChI=1S/C19H26N2O8/c1-18(2,3)29-17(25)21-8-6-7-10-13(21)12-15(23)20-14(16(24)27-5)19(12,28-10)9-11(22)26-4/h6-7,10,12-14H,8-9H2,1-5H3,(H,20,23)/t10-,12+,13+,14-,19+/m0/s1. The van der Waals surface area contributed by atoms with Crippen LogP contribution in [0.1, 0.15) is 27.2 Å². The molecule has 3 heterocycles. The molecule has 0 aliphatic carbocycles. The van der Waals surface area contributed by atoms with E-state index in [0.29, 0.717) is 0 Å². The van der Waals surface area contributed by atoms with E-state index in [4.69, 9.17) is 18.9 Å². The molecule has 10 heteroatoms. The molecule has 2 amide bonds. The second-order valence-corrected chi connectivity index (χ2v) is 8.28. The van der Waals surface area contributed by atoms with Crippen molar-refractivity contribution in [3.63, 3.8) is 0 Å². The van der Waals surface area contributed by atoms with Crippen molar-refractivity contribution in [2.45, 2.75) is 56.6 Å². The third kappa shape index (κ3) is 3.57. The van der Waals surface area contributed by atoms with Gasteiger partial charge in [-0.05, 0) is 20.8 Å². The molecule has 0 aromatic heterocycles. The number of ether oxygens (including phenoxy) is 4. The van der Waals surface area contributed by atoms with Gasteiger partial charge in [0.15, 0.2) is 6.04 Å². The lowest BCUT2D eigenvalue weighted by atomic mass is 9.78. The molecule has 0 bridgehead atoms. The maximum absolute atomic E-state index is 12.9. The molecule has 5 atom stereocenters. The molecule has 0 aromatic carbocycles. The first-order valence-electron chi connectivity index (χ1n) is 9.33. The third-order valence-corrected chi connectivity index (χ3v) is 5.32. The van der Waals surface area contributed by atoms with Crippen LogP contribution in [0.2, 0.25) is 0 Å². The number of hydrogen-bond acceptors (Lipinski definition) is 8. The van der Waals surface area contributed by atoms with Gasteiger partial charge in [0.1, 0.15) is 11.2 Å². The quantitative estimate of drug-likeness (QED) is 0.397. The van der Waals surface area contributed by atoms with E-state index in [1.165, 1.54) is 19.1 Å². The van der Waals surface area contributed by atoms with Gasteiger partial charge in [0.25, 0.3) is 0 Å². The van der Waals surface area contributed by atoms with Crippen molar-refractivity contribution in [1.29, 1.82) is 0 Å². The van der Waals surface area contributed by atoms with Crippen LogP contribution in [0.25, 0.3) is 0 Å². The zero-order valence-electron chi connectivity index (χ0n) is 17.1. The van der Waals surface area contributed by atoms with Gasteiger partial charge >= 0.3 is 18.0 Å². The van der Waals surface area contributed by atoms with Crippen LogP contribution in [-0.4, -0.2) is 79.0 Å². The van der Waals surface area contributed by atoms with Gasteiger partial charge in [-0.3, -0.25) is 14.5 Å². The molecule has 29 heavy (non-hydrogen) atoms. The number of hydrogen-bond donors (Lipinski definition) is 1. The molecule has 3 aliphatic heterocycles. The van der Waals surface area contributed by atoms with Crippen molar-refractivity contribution in [1.82, 2.24) is 10.2 Å². The lowest BCUT2D eigenvalue weighted by Crippen LogP contribution is -2.54. The van der Waals surface area contributed by atoms with Crippen LogP contribution in [0.5, 0.6) is 0 Å². The van der Waals surface area contributed by atoms with Crippen molar-refractivity contribution < 1.29 is 38.1 Å². The monoisotopic (exact) mass is 410 g/mol. The van der Waals surface area contributed by atoms with Crippen LogP contribution < -0.4 is 5.32 Å². The molecule has 3 aliphatic rings. The Hall–Kier alpha value is -2.62. The van der Waals surface area contributed by atoms with E-state index in [1.807, 2.05) is 0 Å². The van der Waals surface area contributed by atoms with Crippen LogP contribution in [0.4, 0.5) is 4.79 Å². The van der Waals surface area contributed by atoms with Crippen molar-refractivity contribution >= 4 is 23.9 Å². The van der Waals surface area contributed by atoms with Gasteiger partial charge in [-0.2, -0.15) is 0 Å². The lowest BCUT2D eigenvalue weighted by Gasteiger charge is -2.36. The number of nitrogens with one attached hydrogen (secondary N) is 1. The number of methoxy groups -OCH3 is 2. The Morgan fingerprint density at radius 1 is 1.28 bits per heavy atom. The van der Waals surface area contributed by atoms with Crippen LogP contribution in [0, 0.1) is 5.92 Å².